The van der Waals surface area contributed by atoms with Gasteiger partial charge in [0.1, 0.15) is 6.61 Å². The van der Waals surface area contributed by atoms with Gasteiger partial charge in [-0.1, -0.05) is 54.4 Å². The van der Waals surface area contributed by atoms with E-state index in [-0.39, 0.29) is 6.61 Å². The quantitative estimate of drug-likeness (QED) is 0.435. The summed E-state index contributed by atoms with van der Waals surface area (Å²) in [5, 5.41) is 0. The normalized spacial score (nSPS) is 10.9. The number of esters is 1. The van der Waals surface area contributed by atoms with Gasteiger partial charge in [-0.05, 0) is 6.92 Å². The number of carbonyl (C=O) groups excluding carboxylic acids is 1. The molecule has 0 heterocycles. The van der Waals surface area contributed by atoms with Crippen LogP contribution in [0.4, 0.5) is 0 Å². The van der Waals surface area contributed by atoms with Crippen LogP contribution in [0.15, 0.2) is 12.2 Å². The molecule has 0 bridgehead atoms. The molecule has 0 aromatic heterocycles. The third-order valence-corrected chi connectivity index (χ3v) is 1.40. The van der Waals surface area contributed by atoms with Gasteiger partial charge in [0.15, 0.2) is 2.14 Å². The van der Waals surface area contributed by atoms with Crippen molar-refractivity contribution >= 4 is 53.8 Å². The van der Waals surface area contributed by atoms with E-state index in [0.29, 0.717) is 5.57 Å². The summed E-state index contributed by atoms with van der Waals surface area (Å²) in [6, 6.07) is 0. The second kappa shape index (κ2) is 4.62. The van der Waals surface area contributed by atoms with Gasteiger partial charge in [0.25, 0.3) is 0 Å². The molecule has 0 fully saturated rings. The monoisotopic (exact) mass is 348 g/mol. The Labute approximate surface area is 90.8 Å². The maximum absolute atomic E-state index is 10.8. The Morgan fingerprint density at radius 2 is 2.00 bits per heavy atom. The summed E-state index contributed by atoms with van der Waals surface area (Å²) in [5.74, 6) is -0.396. The van der Waals surface area contributed by atoms with Crippen molar-refractivity contribution in [2.45, 2.75) is 9.07 Å². The summed E-state index contributed by atoms with van der Waals surface area (Å²) >= 11 is 9.55. The van der Waals surface area contributed by atoms with Crippen LogP contribution in [-0.2, 0) is 9.53 Å². The molecule has 0 aromatic carbocycles. The van der Waals surface area contributed by atoms with Crippen LogP contribution < -0.4 is 0 Å². The van der Waals surface area contributed by atoms with Crippen molar-refractivity contribution in [2.24, 2.45) is 0 Å². The molecule has 2 nitrogen and oxygen atoms in total. The molecule has 0 aliphatic rings. The van der Waals surface area contributed by atoms with Crippen molar-refractivity contribution in [1.82, 2.24) is 0 Å². The Balaban J connectivity index is 3.73. The Morgan fingerprint density at radius 1 is 1.55 bits per heavy atom. The van der Waals surface area contributed by atoms with Crippen molar-refractivity contribution in [3.63, 3.8) is 0 Å². The zero-order valence-corrected chi connectivity index (χ0v) is 10.6. The number of rotatable bonds is 2. The highest BCUT2D eigenvalue weighted by molar-refractivity contribution is 9.39. The Hall–Kier alpha value is 0.650. The van der Waals surface area contributed by atoms with Crippen LogP contribution in [0.25, 0.3) is 0 Å². The van der Waals surface area contributed by atoms with Crippen LogP contribution >= 0.6 is 47.8 Å². The van der Waals surface area contributed by atoms with Crippen molar-refractivity contribution < 1.29 is 9.53 Å². The number of hydrogen-bond donors (Lipinski definition) is 0. The SMILES string of the molecule is C=C(C)C(=O)OCC(Br)(Br)Br. The van der Waals surface area contributed by atoms with Crippen molar-refractivity contribution in [3.05, 3.63) is 12.2 Å². The Morgan fingerprint density at radius 3 is 2.27 bits per heavy atom. The van der Waals surface area contributed by atoms with Gasteiger partial charge in [-0.3, -0.25) is 0 Å². The first kappa shape index (κ1) is 11.6. The summed E-state index contributed by atoms with van der Waals surface area (Å²) in [7, 11) is 0. The Kier molecular flexibility index (Phi) is 4.89. The van der Waals surface area contributed by atoms with E-state index in [2.05, 4.69) is 54.4 Å². The summed E-state index contributed by atoms with van der Waals surface area (Å²) in [6.45, 7) is 5.23. The van der Waals surface area contributed by atoms with E-state index >= 15 is 0 Å². The molecule has 0 amide bonds. The third-order valence-electron chi connectivity index (χ3n) is 0.715. The standard InChI is InChI=1S/C6H7Br3O2/c1-4(2)5(10)11-3-6(7,8)9/h1,3H2,2H3. The first-order chi connectivity index (χ1) is 4.83. The largest absolute Gasteiger partial charge is 0.459 e. The van der Waals surface area contributed by atoms with E-state index in [4.69, 9.17) is 4.74 Å². The molecular formula is C6H7Br3O2. The third kappa shape index (κ3) is 7.03. The fraction of sp³-hybridized carbons (Fsp3) is 0.500. The van der Waals surface area contributed by atoms with Crippen molar-refractivity contribution in [2.75, 3.05) is 6.61 Å². The van der Waals surface area contributed by atoms with Gasteiger partial charge in [0.05, 0.1) is 0 Å². The first-order valence-corrected chi connectivity index (χ1v) is 5.10. The lowest BCUT2D eigenvalue weighted by molar-refractivity contribution is -0.138. The molecule has 0 radical (unpaired) electrons. The molecule has 0 aliphatic heterocycles. The van der Waals surface area contributed by atoms with Gasteiger partial charge in [-0.2, -0.15) is 0 Å². The van der Waals surface area contributed by atoms with Crippen molar-refractivity contribution in [1.29, 1.82) is 0 Å². The molecule has 0 atom stereocenters. The number of hydrogen-bond acceptors (Lipinski definition) is 2. The van der Waals surface area contributed by atoms with Crippen LogP contribution in [0.1, 0.15) is 6.92 Å². The summed E-state index contributed by atoms with van der Waals surface area (Å²) < 4.78 is 4.26. The molecular weight excluding hydrogens is 344 g/mol. The van der Waals surface area contributed by atoms with E-state index in [1.807, 2.05) is 0 Å². The molecule has 5 heteroatoms. The van der Waals surface area contributed by atoms with Crippen LogP contribution in [-0.4, -0.2) is 14.7 Å². The maximum Gasteiger partial charge on any atom is 0.333 e. The zero-order valence-electron chi connectivity index (χ0n) is 5.86. The van der Waals surface area contributed by atoms with Gasteiger partial charge in [0.2, 0.25) is 0 Å². The highest BCUT2D eigenvalue weighted by Crippen LogP contribution is 2.33. The molecule has 0 aromatic rings. The molecule has 0 unspecified atom stereocenters. The topological polar surface area (TPSA) is 26.3 Å². The molecule has 0 aliphatic carbocycles. The van der Waals surface area contributed by atoms with Crippen LogP contribution in [0, 0.1) is 0 Å². The lowest BCUT2D eigenvalue weighted by Gasteiger charge is -2.11. The van der Waals surface area contributed by atoms with E-state index < -0.39 is 8.11 Å². The molecule has 0 saturated heterocycles. The minimum absolute atomic E-state index is 0.193. The molecule has 0 saturated carbocycles. The van der Waals surface area contributed by atoms with Gasteiger partial charge in [0, 0.05) is 5.57 Å². The van der Waals surface area contributed by atoms with Crippen LogP contribution in [0.5, 0.6) is 0 Å². The second-order valence-electron chi connectivity index (χ2n) is 1.97. The van der Waals surface area contributed by atoms with Gasteiger partial charge in [-0.25, -0.2) is 4.79 Å². The van der Waals surface area contributed by atoms with Gasteiger partial charge in [-0.15, -0.1) is 0 Å². The highest BCUT2D eigenvalue weighted by atomic mass is 80.0. The predicted molar refractivity (Wildman–Crippen MR) is 55.3 cm³/mol. The predicted octanol–water partition coefficient (Wildman–Crippen LogP) is 2.94. The van der Waals surface area contributed by atoms with E-state index in [1.165, 1.54) is 0 Å². The smallest absolute Gasteiger partial charge is 0.333 e. The van der Waals surface area contributed by atoms with Gasteiger partial charge < -0.3 is 4.74 Å². The highest BCUT2D eigenvalue weighted by Gasteiger charge is 2.20. The van der Waals surface area contributed by atoms with Crippen LogP contribution in [0.3, 0.4) is 0 Å². The minimum Gasteiger partial charge on any atom is -0.459 e. The molecule has 0 rings (SSSR count). The second-order valence-corrected chi connectivity index (χ2v) is 9.23. The average molecular weight is 351 g/mol. The average Bonchev–Trinajstić information content (AvgIpc) is 1.80. The number of carbonyl (C=O) groups is 1. The van der Waals surface area contributed by atoms with Crippen LogP contribution in [0.2, 0.25) is 0 Å². The maximum atomic E-state index is 10.8. The van der Waals surface area contributed by atoms with Crippen molar-refractivity contribution in [3.8, 4) is 0 Å². The molecule has 0 N–H and O–H groups in total. The lowest BCUT2D eigenvalue weighted by Crippen LogP contribution is -2.15. The van der Waals surface area contributed by atoms with Gasteiger partial charge >= 0.3 is 5.97 Å². The fourth-order valence-electron chi connectivity index (χ4n) is 0.271. The number of halogens is 3. The zero-order chi connectivity index (χ0) is 9.07. The summed E-state index contributed by atoms with van der Waals surface area (Å²) in [4.78, 5) is 10.8. The molecule has 0 spiro atoms. The fourth-order valence-corrected chi connectivity index (χ4v) is 0.614. The molecule has 11 heavy (non-hydrogen) atoms. The lowest BCUT2D eigenvalue weighted by atomic mass is 10.4. The number of ether oxygens (including phenoxy) is 1. The van der Waals surface area contributed by atoms with E-state index in [9.17, 15) is 4.79 Å². The summed E-state index contributed by atoms with van der Waals surface area (Å²) in [6.07, 6.45) is 0. The number of alkyl halides is 3. The summed E-state index contributed by atoms with van der Waals surface area (Å²) in [5.41, 5.74) is 0.391. The van der Waals surface area contributed by atoms with E-state index in [1.54, 1.807) is 6.92 Å². The Bertz CT molecular complexity index is 171. The van der Waals surface area contributed by atoms with E-state index in [0.717, 1.165) is 0 Å². The molecule has 64 valence electrons. The minimum atomic E-state index is -0.530. The first-order valence-electron chi connectivity index (χ1n) is 2.72.